The molecule has 2 aliphatic rings. The number of rotatable bonds is 1. The van der Waals surface area contributed by atoms with Crippen LogP contribution in [0.25, 0.3) is 0 Å². The molecule has 4 heteroatoms. The zero-order valence-corrected chi connectivity index (χ0v) is 13.0. The quantitative estimate of drug-likeness (QED) is 0.809. The minimum absolute atomic E-state index is 0.130. The highest BCUT2D eigenvalue weighted by atomic mass is 32.1. The highest BCUT2D eigenvalue weighted by Crippen LogP contribution is 2.30. The van der Waals surface area contributed by atoms with Gasteiger partial charge in [-0.15, -0.1) is 11.3 Å². The number of fused-ring (bicyclic) bond motifs is 1. The van der Waals surface area contributed by atoms with Gasteiger partial charge < -0.3 is 10.6 Å². The summed E-state index contributed by atoms with van der Waals surface area (Å²) in [6.45, 7) is 3.75. The van der Waals surface area contributed by atoms with Crippen LogP contribution < -0.4 is 5.73 Å². The Balaban J connectivity index is 1.74. The number of nitrogens with two attached hydrogens (primary N) is 1. The van der Waals surface area contributed by atoms with Crippen LogP contribution in [-0.2, 0) is 12.8 Å². The van der Waals surface area contributed by atoms with Gasteiger partial charge in [-0.05, 0) is 49.7 Å². The molecule has 0 radical (unpaired) electrons. The Morgan fingerprint density at radius 2 is 2.15 bits per heavy atom. The number of nitrogens with zero attached hydrogens (tertiary/aromatic N) is 1. The summed E-state index contributed by atoms with van der Waals surface area (Å²) in [4.78, 5) is 17.0. The number of carbonyl (C=O) groups is 1. The van der Waals surface area contributed by atoms with E-state index in [2.05, 4.69) is 13.0 Å². The van der Waals surface area contributed by atoms with E-state index in [0.29, 0.717) is 12.5 Å². The maximum atomic E-state index is 12.6. The van der Waals surface area contributed by atoms with E-state index in [1.54, 1.807) is 11.3 Å². The first-order valence-electron chi connectivity index (χ1n) is 7.81. The molecule has 2 N–H and O–H groups in total. The number of hydrogen-bond acceptors (Lipinski definition) is 3. The number of likely N-dealkylation sites (tertiary alicyclic amines) is 1. The Labute approximate surface area is 125 Å². The van der Waals surface area contributed by atoms with Crippen molar-refractivity contribution < 1.29 is 4.79 Å². The van der Waals surface area contributed by atoms with Crippen LogP contribution in [0.3, 0.4) is 0 Å². The van der Waals surface area contributed by atoms with Crippen molar-refractivity contribution in [1.82, 2.24) is 4.90 Å². The van der Waals surface area contributed by atoms with Crippen LogP contribution in [0.5, 0.6) is 0 Å². The largest absolute Gasteiger partial charge is 0.336 e. The van der Waals surface area contributed by atoms with Gasteiger partial charge in [-0.3, -0.25) is 4.79 Å². The van der Waals surface area contributed by atoms with Crippen molar-refractivity contribution in [1.29, 1.82) is 0 Å². The molecule has 1 fully saturated rings. The molecule has 110 valence electrons. The van der Waals surface area contributed by atoms with Crippen molar-refractivity contribution in [3.8, 4) is 0 Å². The first kappa shape index (κ1) is 14.1. The molecule has 0 saturated carbocycles. The summed E-state index contributed by atoms with van der Waals surface area (Å²) >= 11 is 1.72. The van der Waals surface area contributed by atoms with E-state index < -0.39 is 0 Å². The van der Waals surface area contributed by atoms with E-state index in [4.69, 9.17) is 5.73 Å². The van der Waals surface area contributed by atoms with Crippen LogP contribution >= 0.6 is 11.3 Å². The molecule has 20 heavy (non-hydrogen) atoms. The zero-order chi connectivity index (χ0) is 14.1. The average molecular weight is 292 g/mol. The summed E-state index contributed by atoms with van der Waals surface area (Å²) in [7, 11) is 0. The van der Waals surface area contributed by atoms with Gasteiger partial charge in [-0.25, -0.2) is 0 Å². The lowest BCUT2D eigenvalue weighted by molar-refractivity contribution is 0.0677. The number of carbonyl (C=O) groups excluding carboxylic acids is 1. The van der Waals surface area contributed by atoms with E-state index in [1.807, 2.05) is 4.90 Å². The van der Waals surface area contributed by atoms with Gasteiger partial charge in [-0.2, -0.15) is 0 Å². The Morgan fingerprint density at radius 3 is 2.95 bits per heavy atom. The normalized spacial score (nSPS) is 27.0. The summed E-state index contributed by atoms with van der Waals surface area (Å²) in [6, 6.07) is 2.28. The fourth-order valence-electron chi connectivity index (χ4n) is 3.21. The van der Waals surface area contributed by atoms with E-state index in [1.165, 1.54) is 29.7 Å². The molecule has 0 spiro atoms. The lowest BCUT2D eigenvalue weighted by Crippen LogP contribution is -2.49. The first-order chi connectivity index (χ1) is 9.65. The lowest BCUT2D eigenvalue weighted by Gasteiger charge is -2.34. The van der Waals surface area contributed by atoms with E-state index in [9.17, 15) is 4.79 Å². The van der Waals surface area contributed by atoms with E-state index >= 15 is 0 Å². The van der Waals surface area contributed by atoms with Crippen molar-refractivity contribution >= 4 is 17.2 Å². The van der Waals surface area contributed by atoms with Crippen LogP contribution in [0, 0.1) is 5.92 Å². The minimum atomic E-state index is 0.130. The molecule has 1 aromatic heterocycles. The smallest absolute Gasteiger partial charge is 0.263 e. The molecule has 1 aromatic rings. The summed E-state index contributed by atoms with van der Waals surface area (Å²) in [6.07, 6.45) is 7.19. The van der Waals surface area contributed by atoms with Crippen molar-refractivity contribution in [2.24, 2.45) is 11.7 Å². The molecule has 2 heterocycles. The fraction of sp³-hybridized carbons (Fsp3) is 0.688. The number of aryl methyl sites for hydroxylation is 2. The molecule has 3 nitrogen and oxygen atoms in total. The van der Waals surface area contributed by atoms with Gasteiger partial charge in [0.1, 0.15) is 0 Å². The van der Waals surface area contributed by atoms with Crippen molar-refractivity contribution in [3.63, 3.8) is 0 Å². The van der Waals surface area contributed by atoms with Crippen LogP contribution in [0.1, 0.15) is 52.7 Å². The van der Waals surface area contributed by atoms with Gasteiger partial charge in [0.05, 0.1) is 4.88 Å². The standard InChI is InChI=1S/C16H24N2OS/c1-11-7-8-18(10-13(11)17)16(19)15-9-12-5-3-2-4-6-14(12)20-15/h9,11,13H,2-8,10,17H2,1H3. The number of hydrogen-bond donors (Lipinski definition) is 1. The fourth-order valence-corrected chi connectivity index (χ4v) is 4.43. The van der Waals surface area contributed by atoms with E-state index in [-0.39, 0.29) is 11.9 Å². The minimum Gasteiger partial charge on any atom is -0.336 e. The van der Waals surface area contributed by atoms with E-state index in [0.717, 1.165) is 30.7 Å². The van der Waals surface area contributed by atoms with Crippen molar-refractivity contribution in [2.45, 2.75) is 51.5 Å². The summed E-state index contributed by atoms with van der Waals surface area (Å²) in [5.74, 6) is 0.726. The number of amides is 1. The van der Waals surface area contributed by atoms with Gasteiger partial charge in [-0.1, -0.05) is 13.3 Å². The SMILES string of the molecule is CC1CCN(C(=O)c2cc3c(s2)CCCCC3)CC1N. The van der Waals surface area contributed by atoms with Gasteiger partial charge >= 0.3 is 0 Å². The average Bonchev–Trinajstić information content (AvgIpc) is 2.72. The van der Waals surface area contributed by atoms with Crippen molar-refractivity contribution in [2.75, 3.05) is 13.1 Å². The molecular weight excluding hydrogens is 268 g/mol. The highest BCUT2D eigenvalue weighted by Gasteiger charge is 2.28. The summed E-state index contributed by atoms with van der Waals surface area (Å²) in [5, 5.41) is 0. The third-order valence-corrected chi connectivity index (χ3v) is 5.99. The predicted octanol–water partition coefficient (Wildman–Crippen LogP) is 2.83. The predicted molar refractivity (Wildman–Crippen MR) is 83.2 cm³/mol. The van der Waals surface area contributed by atoms with Crippen LogP contribution in [0.2, 0.25) is 0 Å². The topological polar surface area (TPSA) is 46.3 Å². The van der Waals surface area contributed by atoms with Gasteiger partial charge in [0.2, 0.25) is 0 Å². The molecule has 1 aliphatic heterocycles. The highest BCUT2D eigenvalue weighted by molar-refractivity contribution is 7.14. The molecule has 2 unspecified atom stereocenters. The Bertz CT molecular complexity index is 473. The molecule has 1 amide bonds. The second kappa shape index (κ2) is 5.86. The van der Waals surface area contributed by atoms with Crippen LogP contribution in [0.4, 0.5) is 0 Å². The molecule has 2 atom stereocenters. The molecule has 0 bridgehead atoms. The Hall–Kier alpha value is -0.870. The number of thiophene rings is 1. The Kier molecular flexibility index (Phi) is 4.13. The maximum absolute atomic E-state index is 12.6. The number of piperidine rings is 1. The maximum Gasteiger partial charge on any atom is 0.263 e. The van der Waals surface area contributed by atoms with Crippen molar-refractivity contribution in [3.05, 3.63) is 21.4 Å². The third kappa shape index (κ3) is 2.77. The lowest BCUT2D eigenvalue weighted by atomic mass is 9.94. The molecule has 3 rings (SSSR count). The van der Waals surface area contributed by atoms with Gasteiger partial charge in [0.25, 0.3) is 5.91 Å². The molecule has 0 aromatic carbocycles. The van der Waals surface area contributed by atoms with Crippen LogP contribution in [-0.4, -0.2) is 29.9 Å². The van der Waals surface area contributed by atoms with Gasteiger partial charge in [0.15, 0.2) is 0 Å². The zero-order valence-electron chi connectivity index (χ0n) is 12.2. The molecular formula is C16H24N2OS. The monoisotopic (exact) mass is 292 g/mol. The summed E-state index contributed by atoms with van der Waals surface area (Å²) < 4.78 is 0. The third-order valence-electron chi connectivity index (χ3n) is 4.76. The molecule has 1 aliphatic carbocycles. The first-order valence-corrected chi connectivity index (χ1v) is 8.63. The van der Waals surface area contributed by atoms with Crippen LogP contribution in [0.15, 0.2) is 6.07 Å². The second-order valence-electron chi connectivity index (χ2n) is 6.30. The summed E-state index contributed by atoms with van der Waals surface area (Å²) in [5.41, 5.74) is 7.53. The Morgan fingerprint density at radius 1 is 1.35 bits per heavy atom. The second-order valence-corrected chi connectivity index (χ2v) is 7.44. The van der Waals surface area contributed by atoms with Gasteiger partial charge in [0, 0.05) is 24.0 Å². The molecule has 1 saturated heterocycles.